The van der Waals surface area contributed by atoms with E-state index in [4.69, 9.17) is 21.1 Å². The Morgan fingerprint density at radius 1 is 1.17 bits per heavy atom. The van der Waals surface area contributed by atoms with Crippen LogP contribution in [0.1, 0.15) is 21.7 Å². The number of aromatic amines is 1. The van der Waals surface area contributed by atoms with Gasteiger partial charge in [0, 0.05) is 41.0 Å². The molecule has 7 heteroatoms. The number of methoxy groups -OCH3 is 2. The third-order valence-corrected chi connectivity index (χ3v) is 4.98. The number of pyridine rings is 2. The predicted octanol–water partition coefficient (Wildman–Crippen LogP) is 4.66. The SMILES string of the molecule is COC(=O)c1cccc(Cc2c(-c3cccnc3)[nH]c3cc(Cl)c(OC)cc23)n1. The molecule has 0 aliphatic carbocycles. The summed E-state index contributed by atoms with van der Waals surface area (Å²) in [5, 5.41) is 1.49. The van der Waals surface area contributed by atoms with Gasteiger partial charge < -0.3 is 14.5 Å². The number of halogens is 1. The quantitative estimate of drug-likeness (QED) is 0.487. The second-order valence-corrected chi connectivity index (χ2v) is 6.84. The maximum Gasteiger partial charge on any atom is 0.356 e. The largest absolute Gasteiger partial charge is 0.495 e. The summed E-state index contributed by atoms with van der Waals surface area (Å²) in [6.07, 6.45) is 4.03. The summed E-state index contributed by atoms with van der Waals surface area (Å²) in [4.78, 5) is 24.0. The molecule has 0 spiro atoms. The summed E-state index contributed by atoms with van der Waals surface area (Å²) in [6, 6.07) is 12.9. The zero-order chi connectivity index (χ0) is 20.4. The summed E-state index contributed by atoms with van der Waals surface area (Å²) >= 11 is 6.32. The van der Waals surface area contributed by atoms with E-state index in [-0.39, 0.29) is 5.69 Å². The predicted molar refractivity (Wildman–Crippen MR) is 111 cm³/mol. The molecular formula is C22H18ClN3O3. The smallest absolute Gasteiger partial charge is 0.356 e. The Hall–Kier alpha value is -3.38. The van der Waals surface area contributed by atoms with E-state index >= 15 is 0 Å². The fourth-order valence-corrected chi connectivity index (χ4v) is 3.57. The van der Waals surface area contributed by atoms with Gasteiger partial charge in [0.05, 0.1) is 24.9 Å². The number of nitrogens with one attached hydrogen (secondary N) is 1. The van der Waals surface area contributed by atoms with Gasteiger partial charge in [0.1, 0.15) is 11.4 Å². The van der Waals surface area contributed by atoms with Crippen molar-refractivity contribution in [2.75, 3.05) is 14.2 Å². The van der Waals surface area contributed by atoms with E-state index in [2.05, 4.69) is 15.0 Å². The fourth-order valence-electron chi connectivity index (χ4n) is 3.33. The van der Waals surface area contributed by atoms with Crippen molar-refractivity contribution in [1.29, 1.82) is 0 Å². The van der Waals surface area contributed by atoms with E-state index in [1.165, 1.54) is 7.11 Å². The fraction of sp³-hybridized carbons (Fsp3) is 0.136. The third-order valence-electron chi connectivity index (χ3n) is 4.69. The molecule has 3 heterocycles. The molecular weight excluding hydrogens is 390 g/mol. The Balaban J connectivity index is 1.88. The Morgan fingerprint density at radius 2 is 2.03 bits per heavy atom. The van der Waals surface area contributed by atoms with Crippen molar-refractivity contribution in [2.45, 2.75) is 6.42 Å². The maximum absolute atomic E-state index is 11.9. The van der Waals surface area contributed by atoms with Crippen LogP contribution in [0.25, 0.3) is 22.2 Å². The van der Waals surface area contributed by atoms with Gasteiger partial charge in [-0.1, -0.05) is 17.7 Å². The lowest BCUT2D eigenvalue weighted by molar-refractivity contribution is 0.0593. The number of esters is 1. The first-order chi connectivity index (χ1) is 14.1. The number of hydrogen-bond donors (Lipinski definition) is 1. The molecule has 4 rings (SSSR count). The molecule has 6 nitrogen and oxygen atoms in total. The molecule has 0 bridgehead atoms. The first kappa shape index (κ1) is 19.0. The standard InChI is InChI=1S/C22H18ClN3O3/c1-28-20-10-15-16(9-14-6-3-7-18(25-14)22(27)29-2)21(13-5-4-8-24-12-13)26-19(15)11-17(20)23/h3-8,10-12,26H,9H2,1-2H3. The number of rotatable bonds is 5. The van der Waals surface area contributed by atoms with Crippen LogP contribution in [0.5, 0.6) is 5.75 Å². The minimum absolute atomic E-state index is 0.272. The van der Waals surface area contributed by atoms with Gasteiger partial charge in [-0.15, -0.1) is 0 Å². The summed E-state index contributed by atoms with van der Waals surface area (Å²) in [5.41, 5.74) is 4.77. The van der Waals surface area contributed by atoms with Crippen molar-refractivity contribution in [2.24, 2.45) is 0 Å². The molecule has 29 heavy (non-hydrogen) atoms. The molecule has 0 unspecified atom stereocenters. The first-order valence-electron chi connectivity index (χ1n) is 8.93. The number of benzene rings is 1. The van der Waals surface area contributed by atoms with Crippen LogP contribution in [0.4, 0.5) is 0 Å². The number of hydrogen-bond acceptors (Lipinski definition) is 5. The average Bonchev–Trinajstić information content (AvgIpc) is 3.10. The van der Waals surface area contributed by atoms with Gasteiger partial charge in [0.25, 0.3) is 0 Å². The highest BCUT2D eigenvalue weighted by Crippen LogP contribution is 2.37. The second-order valence-electron chi connectivity index (χ2n) is 6.44. The van der Waals surface area contributed by atoms with Gasteiger partial charge in [-0.2, -0.15) is 0 Å². The van der Waals surface area contributed by atoms with E-state index in [1.807, 2.05) is 30.3 Å². The van der Waals surface area contributed by atoms with Crippen LogP contribution < -0.4 is 4.74 Å². The average molecular weight is 408 g/mol. The molecule has 0 saturated carbocycles. The molecule has 0 amide bonds. The molecule has 0 aliphatic heterocycles. The van der Waals surface area contributed by atoms with E-state index in [0.29, 0.717) is 17.2 Å². The Bertz CT molecular complexity index is 1190. The Kier molecular flexibility index (Phi) is 5.18. The van der Waals surface area contributed by atoms with E-state index in [1.54, 1.807) is 31.6 Å². The monoisotopic (exact) mass is 407 g/mol. The summed E-state index contributed by atoms with van der Waals surface area (Å²) in [6.45, 7) is 0. The molecule has 4 aromatic rings. The van der Waals surface area contributed by atoms with Crippen molar-refractivity contribution >= 4 is 28.5 Å². The number of carbonyl (C=O) groups is 1. The summed E-state index contributed by atoms with van der Waals surface area (Å²) in [7, 11) is 2.93. The van der Waals surface area contributed by atoms with Gasteiger partial charge in [-0.05, 0) is 42.0 Å². The highest BCUT2D eigenvalue weighted by atomic mass is 35.5. The normalized spacial score (nSPS) is 10.9. The molecule has 1 aromatic carbocycles. The van der Waals surface area contributed by atoms with Gasteiger partial charge in [0.2, 0.25) is 0 Å². The Labute approximate surface area is 172 Å². The van der Waals surface area contributed by atoms with Crippen LogP contribution in [-0.2, 0) is 11.2 Å². The molecule has 0 radical (unpaired) electrons. The van der Waals surface area contributed by atoms with Crippen molar-refractivity contribution in [1.82, 2.24) is 15.0 Å². The molecule has 0 fully saturated rings. The van der Waals surface area contributed by atoms with E-state index in [9.17, 15) is 4.79 Å². The van der Waals surface area contributed by atoms with Crippen LogP contribution in [0, 0.1) is 0 Å². The zero-order valence-corrected chi connectivity index (χ0v) is 16.7. The molecule has 146 valence electrons. The number of carbonyl (C=O) groups excluding carboxylic acids is 1. The van der Waals surface area contributed by atoms with Crippen molar-refractivity contribution < 1.29 is 14.3 Å². The van der Waals surface area contributed by atoms with E-state index < -0.39 is 5.97 Å². The van der Waals surface area contributed by atoms with Crippen molar-refractivity contribution in [3.8, 4) is 17.0 Å². The van der Waals surface area contributed by atoms with Crippen LogP contribution >= 0.6 is 11.6 Å². The minimum atomic E-state index is -0.466. The number of ether oxygens (including phenoxy) is 2. The molecule has 0 aliphatic rings. The van der Waals surface area contributed by atoms with Crippen molar-refractivity contribution in [3.63, 3.8) is 0 Å². The summed E-state index contributed by atoms with van der Waals surface area (Å²) in [5.74, 6) is 0.125. The van der Waals surface area contributed by atoms with Crippen LogP contribution in [0.15, 0.2) is 54.9 Å². The number of H-pyrrole nitrogens is 1. The molecule has 0 atom stereocenters. The van der Waals surface area contributed by atoms with Crippen molar-refractivity contribution in [3.05, 3.63) is 76.8 Å². The van der Waals surface area contributed by atoms with Crippen LogP contribution in [0.3, 0.4) is 0 Å². The van der Waals surface area contributed by atoms with Gasteiger partial charge in [-0.3, -0.25) is 4.98 Å². The Morgan fingerprint density at radius 3 is 2.76 bits per heavy atom. The van der Waals surface area contributed by atoms with Crippen LogP contribution in [0.2, 0.25) is 5.02 Å². The van der Waals surface area contributed by atoms with Gasteiger partial charge in [0.15, 0.2) is 0 Å². The molecule has 3 aromatic heterocycles. The van der Waals surface area contributed by atoms with Crippen LogP contribution in [-0.4, -0.2) is 35.1 Å². The topological polar surface area (TPSA) is 77.1 Å². The first-order valence-corrected chi connectivity index (χ1v) is 9.31. The second kappa shape index (κ2) is 7.93. The minimum Gasteiger partial charge on any atom is -0.495 e. The maximum atomic E-state index is 11.9. The zero-order valence-electron chi connectivity index (χ0n) is 15.9. The lowest BCUT2D eigenvalue weighted by Crippen LogP contribution is -2.06. The number of aromatic nitrogens is 3. The number of nitrogens with zero attached hydrogens (tertiary/aromatic N) is 2. The number of fused-ring (bicyclic) bond motifs is 1. The highest BCUT2D eigenvalue weighted by molar-refractivity contribution is 6.32. The third kappa shape index (κ3) is 3.67. The lowest BCUT2D eigenvalue weighted by Gasteiger charge is -2.07. The van der Waals surface area contributed by atoms with E-state index in [0.717, 1.165) is 33.4 Å². The molecule has 1 N–H and O–H groups in total. The lowest BCUT2D eigenvalue weighted by atomic mass is 10.0. The highest BCUT2D eigenvalue weighted by Gasteiger charge is 2.18. The summed E-state index contributed by atoms with van der Waals surface area (Å²) < 4.78 is 10.2. The van der Waals surface area contributed by atoms with Gasteiger partial charge in [-0.25, -0.2) is 9.78 Å². The molecule has 0 saturated heterocycles. The van der Waals surface area contributed by atoms with Gasteiger partial charge >= 0.3 is 5.97 Å².